The van der Waals surface area contributed by atoms with Crippen molar-refractivity contribution in [1.29, 1.82) is 0 Å². The maximum absolute atomic E-state index is 12.1. The third-order valence-corrected chi connectivity index (χ3v) is 3.59. The van der Waals surface area contributed by atoms with Gasteiger partial charge in [-0.1, -0.05) is 15.9 Å². The number of esters is 1. The molecule has 0 amide bonds. The Labute approximate surface area is 125 Å². The fourth-order valence-corrected chi connectivity index (χ4v) is 2.33. The molecule has 2 N–H and O–H groups in total. The summed E-state index contributed by atoms with van der Waals surface area (Å²) in [5.74, 6) is -0.347. The van der Waals surface area contributed by atoms with Crippen molar-refractivity contribution in [3.8, 4) is 0 Å². The zero-order valence-electron chi connectivity index (χ0n) is 11.5. The molecule has 1 atom stereocenters. The van der Waals surface area contributed by atoms with Gasteiger partial charge in [0.05, 0.1) is 12.8 Å². The molecule has 5 nitrogen and oxygen atoms in total. The van der Waals surface area contributed by atoms with Crippen molar-refractivity contribution in [3.05, 3.63) is 45.7 Å². The van der Waals surface area contributed by atoms with Gasteiger partial charge < -0.3 is 10.1 Å². The summed E-state index contributed by atoms with van der Waals surface area (Å²) in [5.41, 5.74) is 3.29. The smallest absolute Gasteiger partial charge is 0.333 e. The first-order chi connectivity index (χ1) is 9.52. The second-order valence-corrected chi connectivity index (χ2v) is 5.37. The quantitative estimate of drug-likeness (QED) is 0.841. The summed E-state index contributed by atoms with van der Waals surface area (Å²) < 4.78 is 5.87. The molecule has 106 valence electrons. The van der Waals surface area contributed by atoms with Crippen molar-refractivity contribution < 1.29 is 9.53 Å². The van der Waals surface area contributed by atoms with E-state index in [1.807, 2.05) is 38.1 Å². The van der Waals surface area contributed by atoms with Gasteiger partial charge >= 0.3 is 5.97 Å². The molecule has 2 aromatic rings. The largest absolute Gasteiger partial charge is 0.467 e. The molecule has 0 aliphatic heterocycles. The topological polar surface area (TPSA) is 67.0 Å². The Morgan fingerprint density at radius 3 is 2.50 bits per heavy atom. The first kappa shape index (κ1) is 14.6. The van der Waals surface area contributed by atoms with Gasteiger partial charge in [0, 0.05) is 21.4 Å². The molecule has 0 spiro atoms. The average Bonchev–Trinajstić information content (AvgIpc) is 2.77. The van der Waals surface area contributed by atoms with E-state index in [9.17, 15) is 4.79 Å². The van der Waals surface area contributed by atoms with Crippen LogP contribution in [-0.4, -0.2) is 23.3 Å². The number of anilines is 1. The number of hydrogen-bond donors (Lipinski definition) is 2. The van der Waals surface area contributed by atoms with Gasteiger partial charge in [0.25, 0.3) is 0 Å². The Bertz CT molecular complexity index is 588. The summed E-state index contributed by atoms with van der Waals surface area (Å²) in [4.78, 5) is 12.1. The molecule has 1 aromatic heterocycles. The van der Waals surface area contributed by atoms with Gasteiger partial charge in [0.15, 0.2) is 6.04 Å². The molecular formula is C14H16BrN3O2. The number of benzene rings is 1. The van der Waals surface area contributed by atoms with Crippen LogP contribution in [0.2, 0.25) is 0 Å². The summed E-state index contributed by atoms with van der Waals surface area (Å²) in [6.07, 6.45) is 0. The van der Waals surface area contributed by atoms with Crippen molar-refractivity contribution in [1.82, 2.24) is 10.2 Å². The van der Waals surface area contributed by atoms with E-state index < -0.39 is 6.04 Å². The monoisotopic (exact) mass is 337 g/mol. The van der Waals surface area contributed by atoms with E-state index in [2.05, 4.69) is 31.4 Å². The second kappa shape index (κ2) is 6.09. The number of carbonyl (C=O) groups excluding carboxylic acids is 1. The maximum atomic E-state index is 12.1. The number of aromatic amines is 1. The predicted molar refractivity (Wildman–Crippen MR) is 80.6 cm³/mol. The summed E-state index contributed by atoms with van der Waals surface area (Å²) in [5, 5.41) is 10.2. The summed E-state index contributed by atoms with van der Waals surface area (Å²) in [7, 11) is 1.38. The molecule has 20 heavy (non-hydrogen) atoms. The molecule has 0 aliphatic rings. The van der Waals surface area contributed by atoms with Gasteiger partial charge in [-0.2, -0.15) is 5.10 Å². The van der Waals surface area contributed by atoms with E-state index in [4.69, 9.17) is 4.74 Å². The van der Waals surface area contributed by atoms with Crippen LogP contribution in [0.1, 0.15) is 23.0 Å². The highest BCUT2D eigenvalue weighted by atomic mass is 79.9. The maximum Gasteiger partial charge on any atom is 0.333 e. The van der Waals surface area contributed by atoms with Crippen LogP contribution in [0, 0.1) is 13.8 Å². The minimum absolute atomic E-state index is 0.347. The molecule has 0 bridgehead atoms. The highest BCUT2D eigenvalue weighted by Crippen LogP contribution is 2.26. The minimum Gasteiger partial charge on any atom is -0.467 e. The third-order valence-electron chi connectivity index (χ3n) is 3.07. The minimum atomic E-state index is -0.583. The number of halogens is 1. The van der Waals surface area contributed by atoms with Crippen LogP contribution in [0.3, 0.4) is 0 Å². The lowest BCUT2D eigenvalue weighted by Crippen LogP contribution is -2.23. The Hall–Kier alpha value is -1.82. The van der Waals surface area contributed by atoms with Gasteiger partial charge in [-0.05, 0) is 38.1 Å². The third kappa shape index (κ3) is 3.01. The zero-order valence-corrected chi connectivity index (χ0v) is 13.1. The number of aryl methyl sites for hydroxylation is 2. The van der Waals surface area contributed by atoms with E-state index >= 15 is 0 Å². The van der Waals surface area contributed by atoms with Gasteiger partial charge in [-0.25, -0.2) is 4.79 Å². The molecule has 1 aromatic carbocycles. The lowest BCUT2D eigenvalue weighted by atomic mass is 10.0. The van der Waals surface area contributed by atoms with Crippen LogP contribution in [0.4, 0.5) is 5.69 Å². The number of hydrogen-bond acceptors (Lipinski definition) is 4. The van der Waals surface area contributed by atoms with Crippen LogP contribution in [0.15, 0.2) is 28.7 Å². The molecule has 0 saturated heterocycles. The molecule has 1 unspecified atom stereocenters. The van der Waals surface area contributed by atoms with Crippen molar-refractivity contribution in [2.75, 3.05) is 12.4 Å². The number of ether oxygens (including phenoxy) is 1. The van der Waals surface area contributed by atoms with Crippen molar-refractivity contribution in [3.63, 3.8) is 0 Å². The van der Waals surface area contributed by atoms with Crippen LogP contribution < -0.4 is 5.32 Å². The number of nitrogens with one attached hydrogen (secondary N) is 2. The summed E-state index contributed by atoms with van der Waals surface area (Å²) in [6, 6.07) is 7.02. The normalized spacial score (nSPS) is 12.0. The Balaban J connectivity index is 2.34. The number of aromatic nitrogens is 2. The van der Waals surface area contributed by atoms with E-state index in [0.29, 0.717) is 0 Å². The average molecular weight is 338 g/mol. The van der Waals surface area contributed by atoms with E-state index in [0.717, 1.165) is 27.1 Å². The standard InChI is InChI=1S/C14H16BrN3O2/c1-8-12(9(2)18-17-8)13(14(19)20-3)16-11-6-4-10(15)5-7-11/h4-7,13,16H,1-3H3,(H,17,18). The molecular weight excluding hydrogens is 322 g/mol. The lowest BCUT2D eigenvalue weighted by molar-refractivity contribution is -0.141. The second-order valence-electron chi connectivity index (χ2n) is 4.46. The SMILES string of the molecule is COC(=O)C(Nc1ccc(Br)cc1)c1c(C)n[nH]c1C. The molecule has 0 radical (unpaired) electrons. The highest BCUT2D eigenvalue weighted by molar-refractivity contribution is 9.10. The van der Waals surface area contributed by atoms with Crippen molar-refractivity contribution >= 4 is 27.6 Å². The Kier molecular flexibility index (Phi) is 4.44. The van der Waals surface area contributed by atoms with Gasteiger partial charge in [0.1, 0.15) is 0 Å². The van der Waals surface area contributed by atoms with Crippen molar-refractivity contribution in [2.45, 2.75) is 19.9 Å². The predicted octanol–water partition coefficient (Wildman–Crippen LogP) is 3.12. The summed E-state index contributed by atoms with van der Waals surface area (Å²) >= 11 is 3.38. The molecule has 0 saturated carbocycles. The molecule has 0 fully saturated rings. The summed E-state index contributed by atoms with van der Waals surface area (Å²) in [6.45, 7) is 3.74. The van der Waals surface area contributed by atoms with Gasteiger partial charge in [0.2, 0.25) is 0 Å². The van der Waals surface area contributed by atoms with E-state index in [-0.39, 0.29) is 5.97 Å². The van der Waals surface area contributed by atoms with Gasteiger partial charge in [-0.3, -0.25) is 5.10 Å². The Morgan fingerprint density at radius 2 is 2.00 bits per heavy atom. The molecule has 0 aliphatic carbocycles. The van der Waals surface area contributed by atoms with Crippen LogP contribution in [0.25, 0.3) is 0 Å². The van der Waals surface area contributed by atoms with Crippen LogP contribution >= 0.6 is 15.9 Å². The fraction of sp³-hybridized carbons (Fsp3) is 0.286. The number of carbonyl (C=O) groups is 1. The number of rotatable bonds is 4. The van der Waals surface area contributed by atoms with Crippen molar-refractivity contribution in [2.24, 2.45) is 0 Å². The molecule has 1 heterocycles. The Morgan fingerprint density at radius 1 is 1.35 bits per heavy atom. The van der Waals surface area contributed by atoms with E-state index in [1.165, 1.54) is 7.11 Å². The van der Waals surface area contributed by atoms with Gasteiger partial charge in [-0.15, -0.1) is 0 Å². The zero-order chi connectivity index (χ0) is 14.7. The number of nitrogens with zero attached hydrogens (tertiary/aromatic N) is 1. The first-order valence-corrected chi connectivity index (χ1v) is 6.93. The van der Waals surface area contributed by atoms with E-state index in [1.54, 1.807) is 0 Å². The molecule has 2 rings (SSSR count). The molecule has 6 heteroatoms. The van der Waals surface area contributed by atoms with Crippen LogP contribution in [0.5, 0.6) is 0 Å². The highest BCUT2D eigenvalue weighted by Gasteiger charge is 2.26. The van der Waals surface area contributed by atoms with Crippen LogP contribution in [-0.2, 0) is 9.53 Å². The number of methoxy groups -OCH3 is 1. The lowest BCUT2D eigenvalue weighted by Gasteiger charge is -2.18. The first-order valence-electron chi connectivity index (χ1n) is 6.14. The number of H-pyrrole nitrogens is 1. The fourth-order valence-electron chi connectivity index (χ4n) is 2.06.